The number of methoxy groups -OCH3 is 1. The topological polar surface area (TPSA) is 54.7 Å². The van der Waals surface area contributed by atoms with E-state index in [9.17, 15) is 5.26 Å². The Bertz CT molecular complexity index is 498. The molecule has 2 atom stereocenters. The molecule has 5 nitrogen and oxygen atoms in total. The molecule has 0 amide bonds. The van der Waals surface area contributed by atoms with Crippen molar-refractivity contribution in [2.24, 2.45) is 0 Å². The normalized spacial score (nSPS) is 19.9. The smallest absolute Gasteiger partial charge is 0.188 e. The second-order valence-electron chi connectivity index (χ2n) is 4.88. The first-order valence-corrected chi connectivity index (χ1v) is 6.83. The zero-order valence-corrected chi connectivity index (χ0v) is 12.2. The molecule has 0 saturated carbocycles. The second-order valence-corrected chi connectivity index (χ2v) is 4.88. The quantitative estimate of drug-likeness (QED) is 0.570. The molecule has 2 rings (SSSR count). The lowest BCUT2D eigenvalue weighted by atomic mass is 10.0. The fraction of sp³-hybridized carbons (Fsp3) is 0.438. The molecule has 1 aliphatic rings. The van der Waals surface area contributed by atoms with Crippen molar-refractivity contribution in [3.8, 4) is 6.07 Å². The van der Waals surface area contributed by atoms with Crippen LogP contribution in [0, 0.1) is 11.3 Å². The Morgan fingerprint density at radius 2 is 2.29 bits per heavy atom. The van der Waals surface area contributed by atoms with E-state index in [1.807, 2.05) is 23.1 Å². The summed E-state index contributed by atoms with van der Waals surface area (Å²) in [5, 5.41) is 9.45. The lowest BCUT2D eigenvalue weighted by Gasteiger charge is -2.27. The van der Waals surface area contributed by atoms with Gasteiger partial charge >= 0.3 is 0 Å². The molecular weight excluding hydrogens is 268 g/mol. The molecule has 1 saturated heterocycles. The van der Waals surface area contributed by atoms with Gasteiger partial charge in [0, 0.05) is 13.5 Å². The molecule has 0 spiro atoms. The van der Waals surface area contributed by atoms with Crippen LogP contribution < -0.4 is 0 Å². The Kier molecular flexibility index (Phi) is 5.76. The molecule has 1 aromatic rings. The Hall–Kier alpha value is -1.87. The average molecular weight is 288 g/mol. The lowest BCUT2D eigenvalue weighted by molar-refractivity contribution is -0.000742. The molecule has 1 aromatic carbocycles. The van der Waals surface area contributed by atoms with Crippen LogP contribution in [-0.4, -0.2) is 38.2 Å². The number of hydrogen-bond acceptors (Lipinski definition) is 5. The Labute approximate surface area is 125 Å². The van der Waals surface area contributed by atoms with Crippen molar-refractivity contribution in [3.05, 3.63) is 48.2 Å². The van der Waals surface area contributed by atoms with Crippen molar-refractivity contribution in [3.63, 3.8) is 0 Å². The molecular formula is C16H20N2O3. The van der Waals surface area contributed by atoms with Crippen LogP contribution in [0.3, 0.4) is 0 Å². The van der Waals surface area contributed by atoms with E-state index in [0.29, 0.717) is 25.5 Å². The summed E-state index contributed by atoms with van der Waals surface area (Å²) in [6.45, 7) is 5.01. The average Bonchev–Trinajstić information content (AvgIpc) is 3.00. The molecule has 112 valence electrons. The minimum absolute atomic E-state index is 0.0890. The molecule has 0 unspecified atom stereocenters. The second kappa shape index (κ2) is 7.79. The third-order valence-electron chi connectivity index (χ3n) is 3.45. The summed E-state index contributed by atoms with van der Waals surface area (Å²) >= 11 is 0. The van der Waals surface area contributed by atoms with Crippen LogP contribution in [0.2, 0.25) is 0 Å². The number of ether oxygens (including phenoxy) is 3. The van der Waals surface area contributed by atoms with E-state index in [0.717, 1.165) is 5.56 Å². The summed E-state index contributed by atoms with van der Waals surface area (Å²) in [4.78, 5) is 2.04. The van der Waals surface area contributed by atoms with Gasteiger partial charge in [0.1, 0.15) is 12.8 Å². The van der Waals surface area contributed by atoms with Gasteiger partial charge in [0.2, 0.25) is 0 Å². The number of hydrogen-bond donors (Lipinski definition) is 0. The first-order chi connectivity index (χ1) is 10.3. The maximum absolute atomic E-state index is 9.45. The minimum atomic E-state index is -0.331. The van der Waals surface area contributed by atoms with Crippen LogP contribution in [0.15, 0.2) is 42.7 Å². The predicted octanol–water partition coefficient (Wildman–Crippen LogP) is 2.43. The van der Waals surface area contributed by atoms with Gasteiger partial charge in [-0.3, -0.25) is 4.90 Å². The third kappa shape index (κ3) is 4.05. The molecule has 0 radical (unpaired) electrons. The summed E-state index contributed by atoms with van der Waals surface area (Å²) in [5.41, 5.74) is 1.15. The van der Waals surface area contributed by atoms with Crippen LogP contribution in [0.5, 0.6) is 0 Å². The fourth-order valence-corrected chi connectivity index (χ4v) is 2.38. The first-order valence-electron chi connectivity index (χ1n) is 6.83. The van der Waals surface area contributed by atoms with E-state index < -0.39 is 0 Å². The molecule has 1 fully saturated rings. The highest BCUT2D eigenvalue weighted by Crippen LogP contribution is 2.29. The summed E-state index contributed by atoms with van der Waals surface area (Å²) in [7, 11) is 1.55. The number of nitriles is 1. The van der Waals surface area contributed by atoms with Crippen molar-refractivity contribution in [1.82, 2.24) is 4.90 Å². The van der Waals surface area contributed by atoms with Crippen molar-refractivity contribution in [2.45, 2.75) is 18.5 Å². The molecule has 1 heterocycles. The van der Waals surface area contributed by atoms with Crippen LogP contribution >= 0.6 is 0 Å². The van der Waals surface area contributed by atoms with Crippen molar-refractivity contribution in [1.29, 1.82) is 5.26 Å². The highest BCUT2D eigenvalue weighted by atomic mass is 16.7. The number of rotatable bonds is 7. The zero-order chi connectivity index (χ0) is 15.1. The molecule has 5 heteroatoms. The Balaban J connectivity index is 2.03. The first kappa shape index (κ1) is 15.5. The largest absolute Gasteiger partial charge is 0.472 e. The molecule has 1 aliphatic heterocycles. The van der Waals surface area contributed by atoms with Gasteiger partial charge in [-0.05, 0) is 5.56 Å². The SMILES string of the molecule is C=C(C[C@H](C#N)N1COC[C@H]1c1ccccc1)OCOC. The Morgan fingerprint density at radius 3 is 2.95 bits per heavy atom. The molecule has 0 aliphatic carbocycles. The highest BCUT2D eigenvalue weighted by molar-refractivity contribution is 5.21. The van der Waals surface area contributed by atoms with Crippen molar-refractivity contribution in [2.75, 3.05) is 27.2 Å². The summed E-state index contributed by atoms with van der Waals surface area (Å²) in [6.07, 6.45) is 0.437. The summed E-state index contributed by atoms with van der Waals surface area (Å²) < 4.78 is 15.7. The van der Waals surface area contributed by atoms with E-state index in [1.54, 1.807) is 7.11 Å². The van der Waals surface area contributed by atoms with Gasteiger partial charge in [-0.25, -0.2) is 0 Å². The van der Waals surface area contributed by atoms with Gasteiger partial charge in [-0.1, -0.05) is 36.9 Å². The van der Waals surface area contributed by atoms with Gasteiger partial charge in [-0.15, -0.1) is 0 Å². The fourth-order valence-electron chi connectivity index (χ4n) is 2.38. The van der Waals surface area contributed by atoms with E-state index in [2.05, 4.69) is 24.8 Å². The van der Waals surface area contributed by atoms with Gasteiger partial charge in [-0.2, -0.15) is 5.26 Å². The molecule has 0 N–H and O–H groups in total. The maximum atomic E-state index is 9.45. The van der Waals surface area contributed by atoms with Gasteiger partial charge in [0.05, 0.1) is 24.5 Å². The minimum Gasteiger partial charge on any atom is -0.472 e. The summed E-state index contributed by atoms with van der Waals surface area (Å²) in [6, 6.07) is 12.1. The maximum Gasteiger partial charge on any atom is 0.188 e. The molecule has 0 aromatic heterocycles. The van der Waals surface area contributed by atoms with Crippen LogP contribution in [0.25, 0.3) is 0 Å². The van der Waals surface area contributed by atoms with Crippen LogP contribution in [-0.2, 0) is 14.2 Å². The van der Waals surface area contributed by atoms with Gasteiger partial charge < -0.3 is 14.2 Å². The van der Waals surface area contributed by atoms with E-state index in [4.69, 9.17) is 14.2 Å². The van der Waals surface area contributed by atoms with E-state index >= 15 is 0 Å². The van der Waals surface area contributed by atoms with Crippen LogP contribution in [0.1, 0.15) is 18.0 Å². The lowest BCUT2D eigenvalue weighted by Crippen LogP contribution is -2.35. The summed E-state index contributed by atoms with van der Waals surface area (Å²) in [5.74, 6) is 0.544. The van der Waals surface area contributed by atoms with E-state index in [1.165, 1.54) is 0 Å². The predicted molar refractivity (Wildman–Crippen MR) is 78.0 cm³/mol. The number of nitrogens with zero attached hydrogens (tertiary/aromatic N) is 2. The van der Waals surface area contributed by atoms with E-state index in [-0.39, 0.29) is 18.9 Å². The third-order valence-corrected chi connectivity index (χ3v) is 3.45. The number of benzene rings is 1. The van der Waals surface area contributed by atoms with Crippen LogP contribution in [0.4, 0.5) is 0 Å². The molecule has 21 heavy (non-hydrogen) atoms. The van der Waals surface area contributed by atoms with Gasteiger partial charge in [0.25, 0.3) is 0 Å². The zero-order valence-electron chi connectivity index (χ0n) is 12.2. The Morgan fingerprint density at radius 1 is 1.52 bits per heavy atom. The monoisotopic (exact) mass is 288 g/mol. The highest BCUT2D eigenvalue weighted by Gasteiger charge is 2.33. The van der Waals surface area contributed by atoms with Crippen molar-refractivity contribution >= 4 is 0 Å². The standard InChI is InChI=1S/C16H20N2O3/c1-13(21-12-19-2)8-15(9-17)18-11-20-10-16(18)14-6-4-3-5-7-14/h3-7,15-16H,1,8,10-12H2,2H3/t15-,16+/m1/s1. The van der Waals surface area contributed by atoms with Gasteiger partial charge in [0.15, 0.2) is 6.79 Å². The molecule has 0 bridgehead atoms. The van der Waals surface area contributed by atoms with Crippen molar-refractivity contribution < 1.29 is 14.2 Å².